The van der Waals surface area contributed by atoms with Crippen LogP contribution in [0.25, 0.3) is 0 Å². The van der Waals surface area contributed by atoms with Gasteiger partial charge in [-0.15, -0.1) is 0 Å². The minimum atomic E-state index is -0.536. The zero-order valence-electron chi connectivity index (χ0n) is 9.39. The summed E-state index contributed by atoms with van der Waals surface area (Å²) >= 11 is 0. The molecule has 0 heterocycles. The van der Waals surface area contributed by atoms with Crippen molar-refractivity contribution in [2.75, 3.05) is 7.11 Å². The second kappa shape index (κ2) is 3.70. The predicted octanol–water partition coefficient (Wildman–Crippen LogP) is 2.35. The summed E-state index contributed by atoms with van der Waals surface area (Å²) in [5, 5.41) is 0. The number of hydrogen-bond acceptors (Lipinski definition) is 2. The van der Waals surface area contributed by atoms with Crippen LogP contribution in [0.4, 0.5) is 8.78 Å². The topological polar surface area (TPSA) is 35.2 Å². The molecule has 1 aliphatic carbocycles. The van der Waals surface area contributed by atoms with E-state index >= 15 is 0 Å². The lowest BCUT2D eigenvalue weighted by molar-refractivity contribution is 0.363. The van der Waals surface area contributed by atoms with Crippen LogP contribution in [0.3, 0.4) is 0 Å². The van der Waals surface area contributed by atoms with Crippen molar-refractivity contribution < 1.29 is 13.5 Å². The number of halogens is 2. The minimum Gasteiger partial charge on any atom is -0.493 e. The van der Waals surface area contributed by atoms with E-state index in [1.807, 2.05) is 6.92 Å². The Morgan fingerprint density at radius 1 is 1.31 bits per heavy atom. The Morgan fingerprint density at radius 2 is 1.88 bits per heavy atom. The second-order valence-corrected chi connectivity index (χ2v) is 4.38. The maximum Gasteiger partial charge on any atom is 0.165 e. The third kappa shape index (κ3) is 1.48. The van der Waals surface area contributed by atoms with Crippen LogP contribution in [-0.2, 0) is 5.41 Å². The van der Waals surface area contributed by atoms with E-state index in [0.29, 0.717) is 5.56 Å². The van der Waals surface area contributed by atoms with Gasteiger partial charge >= 0.3 is 0 Å². The number of rotatable bonds is 3. The molecule has 0 amide bonds. The molecule has 88 valence electrons. The Balaban J connectivity index is 2.59. The molecule has 0 bridgehead atoms. The molecule has 1 saturated carbocycles. The zero-order chi connectivity index (χ0) is 11.9. The Bertz CT molecular complexity index is 414. The standard InChI is InChI=1S/C12H15F2NO/c1-7(15)12(5-6-12)10-8(13)3-4-9(14)11(10)16-2/h3-4,7H,5-6,15H2,1-2H3. The quantitative estimate of drug-likeness (QED) is 0.860. The van der Waals surface area contributed by atoms with Gasteiger partial charge in [0.2, 0.25) is 0 Å². The molecular formula is C12H15F2NO. The van der Waals surface area contributed by atoms with Gasteiger partial charge < -0.3 is 10.5 Å². The van der Waals surface area contributed by atoms with Crippen molar-refractivity contribution in [3.8, 4) is 5.75 Å². The lowest BCUT2D eigenvalue weighted by atomic mass is 9.88. The van der Waals surface area contributed by atoms with Gasteiger partial charge in [0.05, 0.1) is 7.11 Å². The monoisotopic (exact) mass is 227 g/mol. The fourth-order valence-electron chi connectivity index (χ4n) is 2.26. The van der Waals surface area contributed by atoms with Crippen LogP contribution in [0, 0.1) is 11.6 Å². The highest BCUT2D eigenvalue weighted by Crippen LogP contribution is 2.54. The van der Waals surface area contributed by atoms with E-state index in [4.69, 9.17) is 10.5 Å². The summed E-state index contributed by atoms with van der Waals surface area (Å²) in [5.41, 5.74) is 5.71. The van der Waals surface area contributed by atoms with E-state index in [9.17, 15) is 8.78 Å². The van der Waals surface area contributed by atoms with Gasteiger partial charge in [-0.05, 0) is 31.9 Å². The Kier molecular flexibility index (Phi) is 2.62. The van der Waals surface area contributed by atoms with E-state index in [1.165, 1.54) is 7.11 Å². The molecule has 0 radical (unpaired) electrons. The molecule has 0 saturated heterocycles. The lowest BCUT2D eigenvalue weighted by Gasteiger charge is -2.23. The average Bonchev–Trinajstić information content (AvgIpc) is 3.02. The smallest absolute Gasteiger partial charge is 0.165 e. The molecule has 2 N–H and O–H groups in total. The zero-order valence-corrected chi connectivity index (χ0v) is 9.39. The van der Waals surface area contributed by atoms with Crippen LogP contribution in [0.2, 0.25) is 0 Å². The Hall–Kier alpha value is -1.16. The largest absolute Gasteiger partial charge is 0.493 e. The summed E-state index contributed by atoms with van der Waals surface area (Å²) in [4.78, 5) is 0. The number of benzene rings is 1. The molecule has 2 rings (SSSR count). The number of methoxy groups -OCH3 is 1. The molecule has 1 aromatic rings. The van der Waals surface area contributed by atoms with Gasteiger partial charge in [0.25, 0.3) is 0 Å². The first-order valence-electron chi connectivity index (χ1n) is 5.31. The van der Waals surface area contributed by atoms with Crippen LogP contribution < -0.4 is 10.5 Å². The van der Waals surface area contributed by atoms with Crippen molar-refractivity contribution in [1.29, 1.82) is 0 Å². The molecule has 1 atom stereocenters. The van der Waals surface area contributed by atoms with E-state index in [2.05, 4.69) is 0 Å². The van der Waals surface area contributed by atoms with E-state index in [0.717, 1.165) is 25.0 Å². The average molecular weight is 227 g/mol. The van der Waals surface area contributed by atoms with Gasteiger partial charge in [0.15, 0.2) is 11.6 Å². The fourth-order valence-corrected chi connectivity index (χ4v) is 2.26. The predicted molar refractivity (Wildman–Crippen MR) is 57.5 cm³/mol. The third-order valence-corrected chi connectivity index (χ3v) is 3.42. The molecule has 0 aliphatic heterocycles. The maximum absolute atomic E-state index is 13.8. The summed E-state index contributed by atoms with van der Waals surface area (Å²) in [6, 6.07) is 2.00. The summed E-state index contributed by atoms with van der Waals surface area (Å²) in [7, 11) is 1.35. The van der Waals surface area contributed by atoms with Crippen molar-refractivity contribution >= 4 is 0 Å². The minimum absolute atomic E-state index is 0.00481. The molecule has 1 unspecified atom stereocenters. The fraction of sp³-hybridized carbons (Fsp3) is 0.500. The first kappa shape index (κ1) is 11.3. The van der Waals surface area contributed by atoms with Crippen LogP contribution >= 0.6 is 0 Å². The number of hydrogen-bond donors (Lipinski definition) is 1. The normalized spacial score (nSPS) is 19.3. The van der Waals surface area contributed by atoms with Gasteiger partial charge in [-0.25, -0.2) is 8.78 Å². The Labute approximate surface area is 93.4 Å². The number of nitrogens with two attached hydrogens (primary N) is 1. The highest BCUT2D eigenvalue weighted by Gasteiger charge is 2.51. The highest BCUT2D eigenvalue weighted by molar-refractivity contribution is 5.46. The summed E-state index contributed by atoms with van der Waals surface area (Å²) in [6.45, 7) is 1.82. The van der Waals surface area contributed by atoms with Gasteiger partial charge in [-0.2, -0.15) is 0 Å². The number of ether oxygens (including phenoxy) is 1. The molecule has 2 nitrogen and oxygen atoms in total. The maximum atomic E-state index is 13.8. The Morgan fingerprint density at radius 3 is 2.31 bits per heavy atom. The molecule has 1 fully saturated rings. The summed E-state index contributed by atoms with van der Waals surface area (Å²) < 4.78 is 32.3. The van der Waals surface area contributed by atoms with Gasteiger partial charge in [-0.3, -0.25) is 0 Å². The second-order valence-electron chi connectivity index (χ2n) is 4.38. The van der Waals surface area contributed by atoms with Crippen molar-refractivity contribution in [2.24, 2.45) is 5.73 Å². The molecule has 0 aromatic heterocycles. The lowest BCUT2D eigenvalue weighted by Crippen LogP contribution is -2.33. The first-order chi connectivity index (χ1) is 7.53. The summed E-state index contributed by atoms with van der Waals surface area (Å²) in [6.07, 6.45) is 1.56. The summed E-state index contributed by atoms with van der Waals surface area (Å²) in [5.74, 6) is -0.978. The SMILES string of the molecule is COc1c(F)ccc(F)c1C1(C(C)N)CC1. The van der Waals surface area contributed by atoms with E-state index in [1.54, 1.807) is 0 Å². The van der Waals surface area contributed by atoms with Crippen LogP contribution in [-0.4, -0.2) is 13.2 Å². The molecule has 1 aliphatic rings. The molecular weight excluding hydrogens is 212 g/mol. The van der Waals surface area contributed by atoms with Crippen LogP contribution in [0.1, 0.15) is 25.3 Å². The van der Waals surface area contributed by atoms with Gasteiger partial charge in [0, 0.05) is 17.0 Å². The van der Waals surface area contributed by atoms with Crippen LogP contribution in [0.5, 0.6) is 5.75 Å². The molecule has 4 heteroatoms. The van der Waals surface area contributed by atoms with Gasteiger partial charge in [-0.1, -0.05) is 0 Å². The highest BCUT2D eigenvalue weighted by atomic mass is 19.1. The van der Waals surface area contributed by atoms with Gasteiger partial charge in [0.1, 0.15) is 5.82 Å². The van der Waals surface area contributed by atoms with E-state index in [-0.39, 0.29) is 11.8 Å². The van der Waals surface area contributed by atoms with Crippen molar-refractivity contribution in [2.45, 2.75) is 31.2 Å². The molecule has 16 heavy (non-hydrogen) atoms. The van der Waals surface area contributed by atoms with Crippen LogP contribution in [0.15, 0.2) is 12.1 Å². The molecule has 0 spiro atoms. The van der Waals surface area contributed by atoms with E-state index < -0.39 is 17.0 Å². The van der Waals surface area contributed by atoms with Crippen molar-refractivity contribution in [3.63, 3.8) is 0 Å². The first-order valence-corrected chi connectivity index (χ1v) is 5.31. The molecule has 1 aromatic carbocycles. The van der Waals surface area contributed by atoms with Crippen molar-refractivity contribution in [3.05, 3.63) is 29.3 Å². The third-order valence-electron chi connectivity index (χ3n) is 3.42. The van der Waals surface area contributed by atoms with Crippen molar-refractivity contribution in [1.82, 2.24) is 0 Å².